The molecule has 2 aromatic rings. The van der Waals surface area contributed by atoms with Gasteiger partial charge in [0.2, 0.25) is 11.8 Å². The van der Waals surface area contributed by atoms with Crippen molar-refractivity contribution in [2.45, 2.75) is 39.1 Å². The van der Waals surface area contributed by atoms with E-state index in [0.717, 1.165) is 11.3 Å². The number of benzene rings is 2. The van der Waals surface area contributed by atoms with Gasteiger partial charge in [-0.25, -0.2) is 0 Å². The number of rotatable bonds is 8. The molecule has 0 saturated heterocycles. The Morgan fingerprint density at radius 2 is 1.48 bits per heavy atom. The van der Waals surface area contributed by atoms with E-state index in [1.54, 1.807) is 30.6 Å². The molecule has 0 saturated carbocycles. The molecule has 0 unspecified atom stereocenters. The topological polar surface area (TPSA) is 49.4 Å². The third-order valence-corrected chi connectivity index (χ3v) is 5.49. The Labute approximate surface area is 166 Å². The molecule has 144 valence electrons. The summed E-state index contributed by atoms with van der Waals surface area (Å²) < 4.78 is 0. The summed E-state index contributed by atoms with van der Waals surface area (Å²) in [6, 6.07) is 15.9. The number of carbonyl (C=O) groups is 2. The second-order valence-corrected chi connectivity index (χ2v) is 7.76. The van der Waals surface area contributed by atoms with Gasteiger partial charge in [0, 0.05) is 19.3 Å². The molecule has 0 aliphatic heterocycles. The van der Waals surface area contributed by atoms with Crippen LogP contribution in [0.15, 0.2) is 48.5 Å². The Balaban J connectivity index is 2.02. The van der Waals surface area contributed by atoms with Crippen LogP contribution in [-0.2, 0) is 21.9 Å². The number of thioether (sulfide) groups is 1. The lowest BCUT2D eigenvalue weighted by Gasteiger charge is -2.28. The number of likely N-dealkylation sites (N-methyl/N-ethyl adjacent to an activating group) is 1. The minimum absolute atomic E-state index is 0.0243. The lowest BCUT2D eigenvalue weighted by atomic mass is 10.1. The summed E-state index contributed by atoms with van der Waals surface area (Å²) in [7, 11) is 1.60. The zero-order valence-corrected chi connectivity index (χ0v) is 17.3. The summed E-state index contributed by atoms with van der Waals surface area (Å²) in [5, 5.41) is 2.64. The van der Waals surface area contributed by atoms with Crippen molar-refractivity contribution in [2.24, 2.45) is 0 Å². The van der Waals surface area contributed by atoms with Gasteiger partial charge in [-0.3, -0.25) is 9.59 Å². The van der Waals surface area contributed by atoms with Gasteiger partial charge in [-0.1, -0.05) is 59.7 Å². The molecule has 0 heterocycles. The first kappa shape index (κ1) is 21.0. The normalized spacial score (nSPS) is 11.7. The highest BCUT2D eigenvalue weighted by molar-refractivity contribution is 7.99. The summed E-state index contributed by atoms with van der Waals surface area (Å²) in [4.78, 5) is 26.6. The molecule has 0 aliphatic rings. The van der Waals surface area contributed by atoms with E-state index in [9.17, 15) is 9.59 Å². The lowest BCUT2D eigenvalue weighted by Crippen LogP contribution is -2.47. The Morgan fingerprint density at radius 3 is 2.00 bits per heavy atom. The summed E-state index contributed by atoms with van der Waals surface area (Å²) in [6.07, 6.45) is 0. The number of nitrogens with one attached hydrogen (secondary N) is 1. The number of amides is 2. The van der Waals surface area contributed by atoms with Crippen LogP contribution in [0.5, 0.6) is 0 Å². The molecule has 27 heavy (non-hydrogen) atoms. The fraction of sp³-hybridized carbons (Fsp3) is 0.364. The third-order valence-electron chi connectivity index (χ3n) is 4.50. The fourth-order valence-corrected chi connectivity index (χ4v) is 3.58. The van der Waals surface area contributed by atoms with Crippen molar-refractivity contribution >= 4 is 23.6 Å². The van der Waals surface area contributed by atoms with E-state index >= 15 is 0 Å². The molecule has 0 fully saturated rings. The van der Waals surface area contributed by atoms with E-state index < -0.39 is 6.04 Å². The molecule has 1 atom stereocenters. The van der Waals surface area contributed by atoms with E-state index in [4.69, 9.17) is 0 Å². The van der Waals surface area contributed by atoms with Gasteiger partial charge in [0.05, 0.1) is 5.75 Å². The van der Waals surface area contributed by atoms with Gasteiger partial charge in [-0.05, 0) is 31.9 Å². The van der Waals surface area contributed by atoms with Crippen LogP contribution in [-0.4, -0.2) is 35.6 Å². The molecule has 1 N–H and O–H groups in total. The molecular formula is C22H28N2O2S. The average molecular weight is 385 g/mol. The SMILES string of the molecule is CNC(=O)[C@@H](C)N(Cc1ccc(C)cc1)C(=O)CSCc1ccc(C)cc1. The molecule has 2 rings (SSSR count). The van der Waals surface area contributed by atoms with Gasteiger partial charge in [-0.2, -0.15) is 0 Å². The molecule has 0 aromatic heterocycles. The van der Waals surface area contributed by atoms with Crippen molar-refractivity contribution in [3.63, 3.8) is 0 Å². The minimum atomic E-state index is -0.510. The summed E-state index contributed by atoms with van der Waals surface area (Å²) in [6.45, 7) is 6.29. The largest absolute Gasteiger partial charge is 0.357 e. The Kier molecular flexibility index (Phi) is 7.92. The van der Waals surface area contributed by atoms with Crippen molar-refractivity contribution in [3.05, 3.63) is 70.8 Å². The second-order valence-electron chi connectivity index (χ2n) is 6.78. The number of carbonyl (C=O) groups excluding carboxylic acids is 2. The quantitative estimate of drug-likeness (QED) is 0.755. The number of hydrogen-bond donors (Lipinski definition) is 1. The highest BCUT2D eigenvalue weighted by Gasteiger charge is 2.25. The molecule has 0 radical (unpaired) electrons. The van der Waals surface area contributed by atoms with Crippen LogP contribution in [0.1, 0.15) is 29.2 Å². The zero-order chi connectivity index (χ0) is 19.8. The molecule has 0 bridgehead atoms. The first-order valence-corrected chi connectivity index (χ1v) is 10.3. The van der Waals surface area contributed by atoms with Crippen molar-refractivity contribution < 1.29 is 9.59 Å². The van der Waals surface area contributed by atoms with Crippen LogP contribution >= 0.6 is 11.8 Å². The van der Waals surface area contributed by atoms with Crippen molar-refractivity contribution in [2.75, 3.05) is 12.8 Å². The number of hydrogen-bond acceptors (Lipinski definition) is 3. The predicted octanol–water partition coefficient (Wildman–Crippen LogP) is 3.70. The van der Waals surface area contributed by atoms with Crippen LogP contribution in [0.25, 0.3) is 0 Å². The van der Waals surface area contributed by atoms with Crippen LogP contribution in [0.2, 0.25) is 0 Å². The van der Waals surface area contributed by atoms with Gasteiger partial charge in [0.15, 0.2) is 0 Å². The van der Waals surface area contributed by atoms with E-state index in [2.05, 4.69) is 36.5 Å². The lowest BCUT2D eigenvalue weighted by molar-refractivity contribution is -0.138. The molecular weight excluding hydrogens is 356 g/mol. The first-order valence-electron chi connectivity index (χ1n) is 9.10. The van der Waals surface area contributed by atoms with Gasteiger partial charge < -0.3 is 10.2 Å². The van der Waals surface area contributed by atoms with Crippen LogP contribution in [0, 0.1) is 13.8 Å². The molecule has 0 aliphatic carbocycles. The van der Waals surface area contributed by atoms with E-state index in [1.807, 2.05) is 31.2 Å². The maximum Gasteiger partial charge on any atom is 0.242 e. The summed E-state index contributed by atoms with van der Waals surface area (Å²) in [5.74, 6) is 0.947. The Hall–Kier alpha value is -2.27. The maximum atomic E-state index is 12.8. The Morgan fingerprint density at radius 1 is 0.963 bits per heavy atom. The van der Waals surface area contributed by atoms with Crippen LogP contribution in [0.4, 0.5) is 0 Å². The molecule has 0 spiro atoms. The van der Waals surface area contributed by atoms with E-state index in [1.165, 1.54) is 16.7 Å². The first-order chi connectivity index (χ1) is 12.9. The summed E-state index contributed by atoms with van der Waals surface area (Å²) in [5.41, 5.74) is 4.62. The second kappa shape index (κ2) is 10.2. The van der Waals surface area contributed by atoms with E-state index in [0.29, 0.717) is 12.3 Å². The fourth-order valence-electron chi connectivity index (χ4n) is 2.71. The highest BCUT2D eigenvalue weighted by Crippen LogP contribution is 2.16. The van der Waals surface area contributed by atoms with Crippen LogP contribution in [0.3, 0.4) is 0 Å². The smallest absolute Gasteiger partial charge is 0.242 e. The number of aryl methyl sites for hydroxylation is 2. The maximum absolute atomic E-state index is 12.8. The molecule has 2 aromatic carbocycles. The van der Waals surface area contributed by atoms with Gasteiger partial charge in [0.25, 0.3) is 0 Å². The molecule has 4 nitrogen and oxygen atoms in total. The number of nitrogens with zero attached hydrogens (tertiary/aromatic N) is 1. The third kappa shape index (κ3) is 6.43. The predicted molar refractivity (Wildman–Crippen MR) is 113 cm³/mol. The van der Waals surface area contributed by atoms with Crippen molar-refractivity contribution in [1.29, 1.82) is 0 Å². The van der Waals surface area contributed by atoms with Crippen molar-refractivity contribution in [1.82, 2.24) is 10.2 Å². The van der Waals surface area contributed by atoms with Gasteiger partial charge >= 0.3 is 0 Å². The zero-order valence-electron chi connectivity index (χ0n) is 16.5. The van der Waals surface area contributed by atoms with E-state index in [-0.39, 0.29) is 11.8 Å². The average Bonchev–Trinajstić information content (AvgIpc) is 2.67. The highest BCUT2D eigenvalue weighted by atomic mass is 32.2. The standard InChI is InChI=1S/C22H28N2O2S/c1-16-5-9-19(10-6-16)13-24(18(3)22(26)23-4)21(25)15-27-14-20-11-7-17(2)8-12-20/h5-12,18H,13-15H2,1-4H3,(H,23,26)/t18-/m1/s1. The van der Waals surface area contributed by atoms with Crippen molar-refractivity contribution in [3.8, 4) is 0 Å². The van der Waals surface area contributed by atoms with Gasteiger partial charge in [-0.15, -0.1) is 11.8 Å². The molecule has 2 amide bonds. The minimum Gasteiger partial charge on any atom is -0.357 e. The Bertz CT molecular complexity index is 757. The summed E-state index contributed by atoms with van der Waals surface area (Å²) >= 11 is 1.58. The van der Waals surface area contributed by atoms with Gasteiger partial charge in [0.1, 0.15) is 6.04 Å². The monoisotopic (exact) mass is 384 g/mol. The molecule has 5 heteroatoms. The van der Waals surface area contributed by atoms with Crippen LogP contribution < -0.4 is 5.32 Å².